The highest BCUT2D eigenvalue weighted by Crippen LogP contribution is 2.35. The van der Waals surface area contributed by atoms with Crippen molar-refractivity contribution in [1.82, 2.24) is 0 Å². The summed E-state index contributed by atoms with van der Waals surface area (Å²) in [6.45, 7) is 4.18. The van der Waals surface area contributed by atoms with Gasteiger partial charge in [-0.15, -0.1) is 0 Å². The van der Waals surface area contributed by atoms with Crippen LogP contribution in [0.4, 0.5) is 0 Å². The molecule has 0 aromatic heterocycles. The third-order valence-corrected chi connectivity index (χ3v) is 2.99. The van der Waals surface area contributed by atoms with E-state index < -0.39 is 5.60 Å². The van der Waals surface area contributed by atoms with Crippen LogP contribution in [-0.4, -0.2) is 10.7 Å². The fraction of sp³-hybridized carbons (Fsp3) is 0.909. The van der Waals surface area contributed by atoms with E-state index in [4.69, 9.17) is 0 Å². The van der Waals surface area contributed by atoms with Crippen LogP contribution in [-0.2, 0) is 0 Å². The predicted molar refractivity (Wildman–Crippen MR) is 51.8 cm³/mol. The Morgan fingerprint density at radius 1 is 1.50 bits per heavy atom. The molecular formula is C11H21O. The SMILES string of the molecule is CCC[CH]C1CCCCC1(C)O. The van der Waals surface area contributed by atoms with Crippen LogP contribution in [0.5, 0.6) is 0 Å². The van der Waals surface area contributed by atoms with Crippen molar-refractivity contribution >= 4 is 0 Å². The van der Waals surface area contributed by atoms with Crippen LogP contribution in [0.15, 0.2) is 0 Å². The summed E-state index contributed by atoms with van der Waals surface area (Å²) in [7, 11) is 0. The fourth-order valence-corrected chi connectivity index (χ4v) is 2.08. The second kappa shape index (κ2) is 4.27. The van der Waals surface area contributed by atoms with Crippen LogP contribution >= 0.6 is 0 Å². The molecule has 1 aliphatic rings. The van der Waals surface area contributed by atoms with E-state index in [9.17, 15) is 5.11 Å². The van der Waals surface area contributed by atoms with Crippen LogP contribution in [0, 0.1) is 12.3 Å². The first kappa shape index (κ1) is 10.0. The first-order chi connectivity index (χ1) is 5.67. The largest absolute Gasteiger partial charge is 0.390 e. The summed E-state index contributed by atoms with van der Waals surface area (Å²) in [6, 6.07) is 0. The highest BCUT2D eigenvalue weighted by Gasteiger charge is 2.33. The Balaban J connectivity index is 2.37. The van der Waals surface area contributed by atoms with Crippen molar-refractivity contribution < 1.29 is 5.11 Å². The van der Waals surface area contributed by atoms with E-state index in [1.165, 1.54) is 25.7 Å². The van der Waals surface area contributed by atoms with Crippen molar-refractivity contribution in [3.8, 4) is 0 Å². The van der Waals surface area contributed by atoms with Gasteiger partial charge < -0.3 is 5.11 Å². The molecular weight excluding hydrogens is 148 g/mol. The number of rotatable bonds is 3. The molecule has 0 saturated heterocycles. The van der Waals surface area contributed by atoms with Gasteiger partial charge in [0, 0.05) is 0 Å². The molecule has 0 aromatic rings. The van der Waals surface area contributed by atoms with Crippen molar-refractivity contribution in [2.75, 3.05) is 0 Å². The third kappa shape index (κ3) is 2.48. The Bertz CT molecular complexity index is 129. The molecule has 1 N–H and O–H groups in total. The summed E-state index contributed by atoms with van der Waals surface area (Å²) >= 11 is 0. The molecule has 1 radical (unpaired) electrons. The maximum absolute atomic E-state index is 10.0. The summed E-state index contributed by atoms with van der Waals surface area (Å²) < 4.78 is 0. The molecule has 0 aromatic carbocycles. The zero-order valence-electron chi connectivity index (χ0n) is 8.34. The molecule has 2 unspecified atom stereocenters. The Morgan fingerprint density at radius 3 is 2.83 bits per heavy atom. The van der Waals surface area contributed by atoms with E-state index in [1.54, 1.807) is 0 Å². The summed E-state index contributed by atoms with van der Waals surface area (Å²) in [5, 5.41) is 10.0. The number of hydrogen-bond acceptors (Lipinski definition) is 1. The monoisotopic (exact) mass is 169 g/mol. The van der Waals surface area contributed by atoms with Gasteiger partial charge in [-0.05, 0) is 32.1 Å². The fourth-order valence-electron chi connectivity index (χ4n) is 2.08. The molecule has 12 heavy (non-hydrogen) atoms. The first-order valence-corrected chi connectivity index (χ1v) is 5.22. The van der Waals surface area contributed by atoms with Crippen LogP contribution in [0.1, 0.15) is 52.4 Å². The van der Waals surface area contributed by atoms with Crippen molar-refractivity contribution in [2.24, 2.45) is 5.92 Å². The molecule has 2 atom stereocenters. The van der Waals surface area contributed by atoms with Crippen LogP contribution in [0.3, 0.4) is 0 Å². The number of hydrogen-bond donors (Lipinski definition) is 1. The van der Waals surface area contributed by atoms with E-state index in [0.29, 0.717) is 5.92 Å². The van der Waals surface area contributed by atoms with E-state index in [1.807, 2.05) is 6.92 Å². The van der Waals surface area contributed by atoms with E-state index in [0.717, 1.165) is 12.8 Å². The topological polar surface area (TPSA) is 20.2 Å². The molecule has 1 heteroatoms. The van der Waals surface area contributed by atoms with Crippen molar-refractivity contribution in [1.29, 1.82) is 0 Å². The maximum atomic E-state index is 10.0. The van der Waals surface area contributed by atoms with Crippen molar-refractivity contribution in [2.45, 2.75) is 58.0 Å². The van der Waals surface area contributed by atoms with Crippen LogP contribution < -0.4 is 0 Å². The number of unbranched alkanes of at least 4 members (excludes halogenated alkanes) is 1. The van der Waals surface area contributed by atoms with Gasteiger partial charge in [0.1, 0.15) is 0 Å². The van der Waals surface area contributed by atoms with Crippen LogP contribution in [0.25, 0.3) is 0 Å². The van der Waals surface area contributed by atoms with Crippen LogP contribution in [0.2, 0.25) is 0 Å². The summed E-state index contributed by atoms with van der Waals surface area (Å²) in [5.41, 5.74) is -0.409. The van der Waals surface area contributed by atoms with E-state index >= 15 is 0 Å². The lowest BCUT2D eigenvalue weighted by Crippen LogP contribution is -2.37. The van der Waals surface area contributed by atoms with Crippen molar-refractivity contribution in [3.63, 3.8) is 0 Å². The minimum atomic E-state index is -0.409. The maximum Gasteiger partial charge on any atom is 0.0650 e. The van der Waals surface area contributed by atoms with Gasteiger partial charge in [-0.2, -0.15) is 0 Å². The molecule has 0 heterocycles. The second-order valence-electron chi connectivity index (χ2n) is 4.23. The van der Waals surface area contributed by atoms with E-state index in [-0.39, 0.29) is 0 Å². The molecule has 1 saturated carbocycles. The average Bonchev–Trinajstić information content (AvgIpc) is 2.02. The van der Waals surface area contributed by atoms with Gasteiger partial charge in [-0.1, -0.05) is 32.6 Å². The molecule has 0 amide bonds. The minimum Gasteiger partial charge on any atom is -0.390 e. The van der Waals surface area contributed by atoms with Gasteiger partial charge in [0.2, 0.25) is 0 Å². The zero-order chi connectivity index (χ0) is 9.03. The van der Waals surface area contributed by atoms with Gasteiger partial charge >= 0.3 is 0 Å². The Kier molecular flexibility index (Phi) is 3.57. The minimum absolute atomic E-state index is 0.409. The van der Waals surface area contributed by atoms with Gasteiger partial charge in [0.15, 0.2) is 0 Å². The molecule has 1 aliphatic carbocycles. The van der Waals surface area contributed by atoms with Gasteiger partial charge in [0.25, 0.3) is 0 Å². The lowest BCUT2D eigenvalue weighted by Gasteiger charge is -2.37. The standard InChI is InChI=1S/C11H21O/c1-3-4-7-10-8-5-6-9-11(10,2)12/h7,10,12H,3-6,8-9H2,1-2H3. The Morgan fingerprint density at radius 2 is 2.25 bits per heavy atom. The summed E-state index contributed by atoms with van der Waals surface area (Å²) in [5.74, 6) is 0.450. The molecule has 1 fully saturated rings. The molecule has 1 nitrogen and oxygen atoms in total. The predicted octanol–water partition coefficient (Wildman–Crippen LogP) is 2.93. The van der Waals surface area contributed by atoms with Crippen molar-refractivity contribution in [3.05, 3.63) is 6.42 Å². The molecule has 71 valence electrons. The van der Waals surface area contributed by atoms with E-state index in [2.05, 4.69) is 13.3 Å². The number of aliphatic hydroxyl groups is 1. The highest BCUT2D eigenvalue weighted by molar-refractivity contribution is 4.93. The Labute approximate surface area is 76.2 Å². The highest BCUT2D eigenvalue weighted by atomic mass is 16.3. The van der Waals surface area contributed by atoms with Gasteiger partial charge in [0.05, 0.1) is 5.60 Å². The molecule has 0 bridgehead atoms. The lowest BCUT2D eigenvalue weighted by atomic mass is 9.74. The second-order valence-corrected chi connectivity index (χ2v) is 4.23. The van der Waals surface area contributed by atoms with Gasteiger partial charge in [-0.25, -0.2) is 0 Å². The zero-order valence-corrected chi connectivity index (χ0v) is 8.34. The quantitative estimate of drug-likeness (QED) is 0.688. The summed E-state index contributed by atoms with van der Waals surface area (Å²) in [4.78, 5) is 0. The summed E-state index contributed by atoms with van der Waals surface area (Å²) in [6.07, 6.45) is 9.34. The van der Waals surface area contributed by atoms with Gasteiger partial charge in [-0.3, -0.25) is 0 Å². The third-order valence-electron chi connectivity index (χ3n) is 2.99. The average molecular weight is 169 g/mol. The Hall–Kier alpha value is -0.0400. The smallest absolute Gasteiger partial charge is 0.0650 e. The molecule has 1 rings (SSSR count). The molecule has 0 spiro atoms. The first-order valence-electron chi connectivity index (χ1n) is 5.22. The lowest BCUT2D eigenvalue weighted by molar-refractivity contribution is -0.0195. The normalized spacial score (nSPS) is 36.8. The molecule has 0 aliphatic heterocycles.